The van der Waals surface area contributed by atoms with Gasteiger partial charge in [0.15, 0.2) is 23.0 Å². The van der Waals surface area contributed by atoms with Crippen LogP contribution in [0, 0.1) is 0 Å². The molecule has 0 aliphatic carbocycles. The Morgan fingerprint density at radius 2 is 1.31 bits per heavy atom. The molecule has 0 atom stereocenters. The van der Waals surface area contributed by atoms with Gasteiger partial charge in [0.05, 0.1) is 35.5 Å². The van der Waals surface area contributed by atoms with E-state index in [0.717, 1.165) is 16.7 Å². The molecule has 0 aliphatic heterocycles. The van der Waals surface area contributed by atoms with Crippen LogP contribution in [0.3, 0.4) is 0 Å². The van der Waals surface area contributed by atoms with E-state index in [1.54, 1.807) is 40.6 Å². The Morgan fingerprint density at radius 1 is 0.714 bits per heavy atom. The van der Waals surface area contributed by atoms with Crippen molar-refractivity contribution in [2.24, 2.45) is 0 Å². The van der Waals surface area contributed by atoms with Crippen molar-refractivity contribution in [1.29, 1.82) is 0 Å². The minimum absolute atomic E-state index is 0.343. The molecule has 8 nitrogen and oxygen atoms in total. The van der Waals surface area contributed by atoms with Gasteiger partial charge in [-0.2, -0.15) is 0 Å². The molecular weight excluding hydrogens is 450 g/mol. The molecule has 1 N–H and O–H groups in total. The summed E-state index contributed by atoms with van der Waals surface area (Å²) in [5, 5.41) is 2.61. The number of benzene rings is 3. The normalized spacial score (nSPS) is 10.5. The van der Waals surface area contributed by atoms with Gasteiger partial charge in [0.1, 0.15) is 6.61 Å². The zero-order valence-electron chi connectivity index (χ0n) is 20.4. The highest BCUT2D eigenvalue weighted by Crippen LogP contribution is 2.38. The number of ether oxygens (including phenoxy) is 6. The van der Waals surface area contributed by atoms with E-state index < -0.39 is 6.09 Å². The lowest BCUT2D eigenvalue weighted by Gasteiger charge is -2.13. The Bertz CT molecular complexity index is 1150. The maximum Gasteiger partial charge on any atom is 0.411 e. The second-order valence-electron chi connectivity index (χ2n) is 7.30. The Balaban J connectivity index is 1.70. The van der Waals surface area contributed by atoms with Crippen LogP contribution in [0.2, 0.25) is 0 Å². The summed E-state index contributed by atoms with van der Waals surface area (Å²) in [6, 6.07) is 16.7. The SMILES string of the molecule is COC(=O)Nc1ccc(COc2ccc(/C=C\c3cc(OC)c(OC)c(OC)c3)cc2OC)cc1. The first-order valence-corrected chi connectivity index (χ1v) is 10.7. The Labute approximate surface area is 205 Å². The van der Waals surface area contributed by atoms with Gasteiger partial charge < -0.3 is 28.4 Å². The standard InChI is InChI=1S/C27H29NO7/c1-30-23-14-18(6-7-20-15-24(31-2)26(33-4)25(16-20)32-3)10-13-22(23)35-17-19-8-11-21(12-9-19)28-27(29)34-5/h6-16H,17H2,1-5H3,(H,28,29)/b7-6-. The molecular formula is C27H29NO7. The lowest BCUT2D eigenvalue weighted by Crippen LogP contribution is -2.10. The average molecular weight is 480 g/mol. The first kappa shape index (κ1) is 25.3. The van der Waals surface area contributed by atoms with E-state index in [1.807, 2.05) is 54.6 Å². The zero-order chi connectivity index (χ0) is 25.2. The molecule has 0 heterocycles. The Hall–Kier alpha value is -4.33. The minimum Gasteiger partial charge on any atom is -0.493 e. The van der Waals surface area contributed by atoms with Gasteiger partial charge in [0.25, 0.3) is 0 Å². The van der Waals surface area contributed by atoms with Gasteiger partial charge in [0.2, 0.25) is 5.75 Å². The fourth-order valence-electron chi connectivity index (χ4n) is 3.31. The molecule has 35 heavy (non-hydrogen) atoms. The van der Waals surface area contributed by atoms with E-state index in [1.165, 1.54) is 7.11 Å². The highest BCUT2D eigenvalue weighted by Gasteiger charge is 2.12. The molecule has 0 spiro atoms. The van der Waals surface area contributed by atoms with E-state index in [2.05, 4.69) is 10.1 Å². The number of hydrogen-bond donors (Lipinski definition) is 1. The topological polar surface area (TPSA) is 84.5 Å². The Morgan fingerprint density at radius 3 is 1.89 bits per heavy atom. The predicted octanol–water partition coefficient (Wildman–Crippen LogP) is 5.65. The van der Waals surface area contributed by atoms with Crippen LogP contribution in [0.5, 0.6) is 28.7 Å². The molecule has 0 radical (unpaired) electrons. The maximum absolute atomic E-state index is 11.3. The first-order valence-electron chi connectivity index (χ1n) is 10.7. The fraction of sp³-hybridized carbons (Fsp3) is 0.222. The van der Waals surface area contributed by atoms with Crippen LogP contribution in [-0.2, 0) is 11.3 Å². The summed E-state index contributed by atoms with van der Waals surface area (Å²) in [6.45, 7) is 0.343. The molecule has 0 aromatic heterocycles. The van der Waals surface area contributed by atoms with Crippen LogP contribution in [0.25, 0.3) is 12.2 Å². The summed E-state index contributed by atoms with van der Waals surface area (Å²) >= 11 is 0. The van der Waals surface area contributed by atoms with Crippen LogP contribution >= 0.6 is 0 Å². The van der Waals surface area contributed by atoms with Crippen LogP contribution in [0.4, 0.5) is 10.5 Å². The van der Waals surface area contributed by atoms with Crippen molar-refractivity contribution >= 4 is 23.9 Å². The third kappa shape index (κ3) is 6.60. The van der Waals surface area contributed by atoms with Crippen molar-refractivity contribution < 1.29 is 33.2 Å². The molecule has 3 aromatic rings. The molecule has 1 amide bonds. The first-order chi connectivity index (χ1) is 17.0. The Kier molecular flexibility index (Phi) is 8.83. The van der Waals surface area contributed by atoms with E-state index in [-0.39, 0.29) is 0 Å². The number of carbonyl (C=O) groups is 1. The van der Waals surface area contributed by atoms with E-state index >= 15 is 0 Å². The van der Waals surface area contributed by atoms with Gasteiger partial charge in [-0.3, -0.25) is 5.32 Å². The number of amides is 1. The average Bonchev–Trinajstić information content (AvgIpc) is 2.90. The summed E-state index contributed by atoms with van der Waals surface area (Å²) < 4.78 is 32.3. The summed E-state index contributed by atoms with van der Waals surface area (Å²) in [5.41, 5.74) is 3.40. The van der Waals surface area contributed by atoms with Gasteiger partial charge >= 0.3 is 6.09 Å². The third-order valence-electron chi connectivity index (χ3n) is 5.12. The second kappa shape index (κ2) is 12.2. The maximum atomic E-state index is 11.3. The van der Waals surface area contributed by atoms with Crippen LogP contribution in [0.15, 0.2) is 54.6 Å². The van der Waals surface area contributed by atoms with Gasteiger partial charge in [-0.05, 0) is 53.1 Å². The lowest BCUT2D eigenvalue weighted by molar-refractivity contribution is 0.187. The fourth-order valence-corrected chi connectivity index (χ4v) is 3.31. The second-order valence-corrected chi connectivity index (χ2v) is 7.30. The summed E-state index contributed by atoms with van der Waals surface area (Å²) in [7, 11) is 7.66. The molecule has 0 fully saturated rings. The third-order valence-corrected chi connectivity index (χ3v) is 5.12. The molecule has 0 aliphatic rings. The number of anilines is 1. The molecule has 0 bridgehead atoms. The largest absolute Gasteiger partial charge is 0.493 e. The molecule has 3 aromatic carbocycles. The zero-order valence-corrected chi connectivity index (χ0v) is 20.4. The van der Waals surface area contributed by atoms with Gasteiger partial charge in [-0.15, -0.1) is 0 Å². The molecule has 0 saturated carbocycles. The van der Waals surface area contributed by atoms with E-state index in [0.29, 0.717) is 41.0 Å². The predicted molar refractivity (Wildman–Crippen MR) is 135 cm³/mol. The number of methoxy groups -OCH3 is 5. The van der Waals surface area contributed by atoms with Crippen molar-refractivity contribution in [3.63, 3.8) is 0 Å². The van der Waals surface area contributed by atoms with Crippen molar-refractivity contribution in [3.8, 4) is 28.7 Å². The van der Waals surface area contributed by atoms with Crippen molar-refractivity contribution in [1.82, 2.24) is 0 Å². The molecule has 8 heteroatoms. The molecule has 184 valence electrons. The van der Waals surface area contributed by atoms with Crippen LogP contribution < -0.4 is 29.0 Å². The van der Waals surface area contributed by atoms with Gasteiger partial charge in [-0.1, -0.05) is 30.4 Å². The smallest absolute Gasteiger partial charge is 0.411 e. The van der Waals surface area contributed by atoms with Crippen LogP contribution in [0.1, 0.15) is 16.7 Å². The van der Waals surface area contributed by atoms with Gasteiger partial charge in [0, 0.05) is 5.69 Å². The van der Waals surface area contributed by atoms with Gasteiger partial charge in [-0.25, -0.2) is 4.79 Å². The van der Waals surface area contributed by atoms with Crippen LogP contribution in [-0.4, -0.2) is 41.6 Å². The molecule has 3 rings (SSSR count). The lowest BCUT2D eigenvalue weighted by atomic mass is 10.1. The number of rotatable bonds is 10. The van der Waals surface area contributed by atoms with Crippen molar-refractivity contribution in [2.75, 3.05) is 40.9 Å². The number of hydrogen-bond acceptors (Lipinski definition) is 7. The number of carbonyl (C=O) groups excluding carboxylic acids is 1. The highest BCUT2D eigenvalue weighted by molar-refractivity contribution is 5.84. The highest BCUT2D eigenvalue weighted by atomic mass is 16.5. The van der Waals surface area contributed by atoms with E-state index in [9.17, 15) is 4.79 Å². The molecule has 0 unspecified atom stereocenters. The van der Waals surface area contributed by atoms with Crippen molar-refractivity contribution in [2.45, 2.75) is 6.61 Å². The molecule has 0 saturated heterocycles. The van der Waals surface area contributed by atoms with E-state index in [4.69, 9.17) is 23.7 Å². The number of nitrogens with one attached hydrogen (secondary N) is 1. The van der Waals surface area contributed by atoms with Crippen molar-refractivity contribution in [3.05, 3.63) is 71.3 Å². The summed E-state index contributed by atoms with van der Waals surface area (Å²) in [5.74, 6) is 2.95. The summed E-state index contributed by atoms with van der Waals surface area (Å²) in [4.78, 5) is 11.3. The summed E-state index contributed by atoms with van der Waals surface area (Å²) in [6.07, 6.45) is 3.39. The quantitative estimate of drug-likeness (QED) is 0.376. The monoisotopic (exact) mass is 479 g/mol. The minimum atomic E-state index is -0.516.